The van der Waals surface area contributed by atoms with Gasteiger partial charge in [-0.15, -0.1) is 11.8 Å². The van der Waals surface area contributed by atoms with Gasteiger partial charge in [-0.1, -0.05) is 37.3 Å². The quantitative estimate of drug-likeness (QED) is 0.294. The number of fused-ring (bicyclic) bond motifs is 6. The normalized spacial score (nSPS) is 33.6. The molecule has 2 amide bonds. The number of carbonyl (C=O) groups is 4. The molecule has 0 bridgehead atoms. The van der Waals surface area contributed by atoms with Gasteiger partial charge in [-0.25, -0.2) is 4.79 Å². The van der Waals surface area contributed by atoms with E-state index in [-0.39, 0.29) is 47.5 Å². The van der Waals surface area contributed by atoms with Crippen molar-refractivity contribution < 1.29 is 34.1 Å². The summed E-state index contributed by atoms with van der Waals surface area (Å²) in [7, 11) is 0. The van der Waals surface area contributed by atoms with Crippen LogP contribution in [-0.2, 0) is 43.2 Å². The Bertz CT molecular complexity index is 1590. The van der Waals surface area contributed by atoms with Gasteiger partial charge in [-0.05, 0) is 105 Å². The first-order valence-electron chi connectivity index (χ1n) is 16.5. The first-order valence-corrected chi connectivity index (χ1v) is 17.3. The summed E-state index contributed by atoms with van der Waals surface area (Å²) < 4.78 is 5.54. The number of carboxylic acid groups (broad SMARTS) is 1. The average Bonchev–Trinajstić information content (AvgIpc) is 3.47. The number of thioether (sulfide) groups is 1. The van der Waals surface area contributed by atoms with Crippen molar-refractivity contribution in [2.75, 3.05) is 0 Å². The van der Waals surface area contributed by atoms with Gasteiger partial charge in [0.2, 0.25) is 11.8 Å². The molecule has 8 unspecified atom stereocenters. The van der Waals surface area contributed by atoms with Crippen LogP contribution in [0.3, 0.4) is 0 Å². The van der Waals surface area contributed by atoms with Crippen molar-refractivity contribution in [3.63, 3.8) is 0 Å². The van der Waals surface area contributed by atoms with Crippen LogP contribution in [-0.4, -0.2) is 67.2 Å². The Morgan fingerprint density at radius 2 is 1.72 bits per heavy atom. The van der Waals surface area contributed by atoms with Crippen LogP contribution in [0, 0.1) is 17.3 Å². The Balaban J connectivity index is 0.913. The van der Waals surface area contributed by atoms with Gasteiger partial charge in [0.05, 0.1) is 12.8 Å². The van der Waals surface area contributed by atoms with Crippen molar-refractivity contribution in [2.45, 2.75) is 106 Å². The molecule has 10 heteroatoms. The summed E-state index contributed by atoms with van der Waals surface area (Å²) in [5.41, 5.74) is 4.23. The molecule has 8 atom stereocenters. The predicted octanol–water partition coefficient (Wildman–Crippen LogP) is 4.58. The number of aliphatic carboxylic acids is 1. The van der Waals surface area contributed by atoms with Crippen molar-refractivity contribution >= 4 is 35.5 Å². The van der Waals surface area contributed by atoms with Gasteiger partial charge in [0, 0.05) is 10.2 Å². The summed E-state index contributed by atoms with van der Waals surface area (Å²) in [6.07, 6.45) is 6.32. The number of amides is 2. The van der Waals surface area contributed by atoms with Crippen molar-refractivity contribution in [1.82, 2.24) is 10.2 Å². The summed E-state index contributed by atoms with van der Waals surface area (Å²) in [5.74, 6) is 0.0233. The van der Waals surface area contributed by atoms with Gasteiger partial charge in [-0.2, -0.15) is 0 Å². The Hall–Kier alpha value is -3.53. The number of phenolic OH excluding ortho intramolecular Hbond substituents is 1. The Labute approximate surface area is 273 Å². The number of benzene rings is 2. The highest BCUT2D eigenvalue weighted by Crippen LogP contribution is 2.61. The molecule has 3 N–H and O–H groups in total. The summed E-state index contributed by atoms with van der Waals surface area (Å²) in [5, 5.41) is 22.0. The molecule has 2 aromatic carbocycles. The lowest BCUT2D eigenvalue weighted by atomic mass is 9.55. The van der Waals surface area contributed by atoms with Crippen molar-refractivity contribution in [1.29, 1.82) is 0 Å². The summed E-state index contributed by atoms with van der Waals surface area (Å²) in [6, 6.07) is 11.5. The van der Waals surface area contributed by atoms with Gasteiger partial charge in [0.15, 0.2) is 0 Å². The van der Waals surface area contributed by atoms with Gasteiger partial charge in [0.25, 0.3) is 0 Å². The molecular weight excluding hydrogens is 604 g/mol. The summed E-state index contributed by atoms with van der Waals surface area (Å²) >= 11 is 1.40. The molecule has 0 radical (unpaired) electrons. The second-order valence-electron chi connectivity index (χ2n) is 14.7. The molecule has 2 saturated heterocycles. The number of aryl methyl sites for hydroxylation is 1. The second kappa shape index (κ2) is 11.3. The lowest BCUT2D eigenvalue weighted by molar-refractivity contribution is -0.161. The number of hydrogen-bond donors (Lipinski definition) is 3. The third-order valence-corrected chi connectivity index (χ3v) is 13.2. The molecule has 0 aromatic heterocycles. The number of nitrogens with zero attached hydrogens (tertiary/aromatic N) is 1. The highest BCUT2D eigenvalue weighted by atomic mass is 32.2. The minimum absolute atomic E-state index is 0.0252. The first-order chi connectivity index (χ1) is 21.9. The largest absolute Gasteiger partial charge is 0.508 e. The highest BCUT2D eigenvalue weighted by molar-refractivity contribution is 8.01. The van der Waals surface area contributed by atoms with E-state index < -0.39 is 22.8 Å². The Morgan fingerprint density at radius 3 is 2.43 bits per heavy atom. The monoisotopic (exact) mass is 646 g/mol. The molecule has 0 spiro atoms. The van der Waals surface area contributed by atoms with E-state index >= 15 is 0 Å². The molecule has 4 fully saturated rings. The SMILES string of the molecule is CC1(C)SC2C(NC(=O)Cc3ccc(CC(=O)OC4CCC5C6CCc7cc(O)ccc7C6CCC45C)cc3)C(=O)N2C1C(=O)O. The van der Waals surface area contributed by atoms with Crippen LogP contribution >= 0.6 is 11.8 Å². The van der Waals surface area contributed by atoms with E-state index in [1.165, 1.54) is 27.8 Å². The lowest BCUT2D eigenvalue weighted by Gasteiger charge is -2.50. The van der Waals surface area contributed by atoms with Gasteiger partial charge in [-0.3, -0.25) is 14.4 Å². The molecule has 5 aliphatic rings. The summed E-state index contributed by atoms with van der Waals surface area (Å²) in [4.78, 5) is 51.7. The smallest absolute Gasteiger partial charge is 0.327 e. The zero-order valence-electron chi connectivity index (χ0n) is 26.5. The number of rotatable bonds is 7. The van der Waals surface area contributed by atoms with E-state index in [4.69, 9.17) is 4.74 Å². The van der Waals surface area contributed by atoms with E-state index in [9.17, 15) is 29.4 Å². The third kappa shape index (κ3) is 5.17. The molecule has 3 aliphatic carbocycles. The molecule has 244 valence electrons. The fraction of sp³-hybridized carbons (Fsp3) is 0.556. The average molecular weight is 647 g/mol. The summed E-state index contributed by atoms with van der Waals surface area (Å²) in [6.45, 7) is 5.92. The fourth-order valence-corrected chi connectivity index (χ4v) is 11.0. The Morgan fingerprint density at radius 1 is 1.00 bits per heavy atom. The van der Waals surface area contributed by atoms with Crippen LogP contribution in [0.15, 0.2) is 42.5 Å². The van der Waals surface area contributed by atoms with Crippen molar-refractivity contribution in [3.8, 4) is 5.75 Å². The van der Waals surface area contributed by atoms with Crippen LogP contribution in [0.1, 0.15) is 81.0 Å². The molecule has 46 heavy (non-hydrogen) atoms. The first kappa shape index (κ1) is 31.1. The molecule has 9 nitrogen and oxygen atoms in total. The number of esters is 1. The standard InChI is InChI=1S/C36H42N2O7S/c1-35(2)31(34(43)44)38-32(42)30(33(38)46-35)37-28(40)16-19-4-6-20(7-5-19)17-29(41)45-27-13-12-26-25-10-8-21-18-22(39)9-11-23(21)24(25)14-15-36(26,27)3/h4-7,9,11,18,24-27,30-31,33,39H,8,10,12-17H2,1-3H3,(H,37,40)(H,43,44). The molecule has 2 aromatic rings. The minimum atomic E-state index is -1.04. The maximum absolute atomic E-state index is 13.1. The van der Waals surface area contributed by atoms with E-state index in [2.05, 4.69) is 18.3 Å². The number of nitrogens with one attached hydrogen (secondary N) is 1. The number of aromatic hydroxyl groups is 1. The number of phenols is 1. The van der Waals surface area contributed by atoms with Crippen LogP contribution in [0.5, 0.6) is 5.75 Å². The van der Waals surface area contributed by atoms with E-state index in [1.54, 1.807) is 13.8 Å². The van der Waals surface area contributed by atoms with E-state index in [0.717, 1.165) is 49.7 Å². The van der Waals surface area contributed by atoms with Gasteiger partial charge >= 0.3 is 11.9 Å². The van der Waals surface area contributed by atoms with Crippen LogP contribution in [0.2, 0.25) is 0 Å². The number of carbonyl (C=O) groups excluding carboxylic acids is 3. The van der Waals surface area contributed by atoms with Crippen LogP contribution in [0.25, 0.3) is 0 Å². The van der Waals surface area contributed by atoms with E-state index in [0.29, 0.717) is 23.5 Å². The number of β-lactam (4-membered cyclic amide) rings is 1. The van der Waals surface area contributed by atoms with Crippen LogP contribution in [0.4, 0.5) is 0 Å². The van der Waals surface area contributed by atoms with Crippen molar-refractivity contribution in [2.24, 2.45) is 17.3 Å². The predicted molar refractivity (Wildman–Crippen MR) is 172 cm³/mol. The maximum Gasteiger partial charge on any atom is 0.327 e. The Kier molecular flexibility index (Phi) is 7.65. The molecule has 2 saturated carbocycles. The second-order valence-corrected chi connectivity index (χ2v) is 16.5. The van der Waals surface area contributed by atoms with Gasteiger partial charge < -0.3 is 25.2 Å². The number of carboxylic acids is 1. The molecule has 2 heterocycles. The lowest BCUT2D eigenvalue weighted by Crippen LogP contribution is -2.70. The maximum atomic E-state index is 13.1. The molecular formula is C36H42N2O7S. The topological polar surface area (TPSA) is 133 Å². The minimum Gasteiger partial charge on any atom is -0.508 e. The molecule has 2 aliphatic heterocycles. The fourth-order valence-electron chi connectivity index (χ4n) is 9.41. The number of ether oxygens (including phenoxy) is 1. The third-order valence-electron chi connectivity index (χ3n) is 11.6. The van der Waals surface area contributed by atoms with Gasteiger partial charge in [0.1, 0.15) is 29.3 Å². The van der Waals surface area contributed by atoms with Crippen molar-refractivity contribution in [3.05, 3.63) is 64.7 Å². The zero-order chi connectivity index (χ0) is 32.5. The highest BCUT2D eigenvalue weighted by Gasteiger charge is 2.64. The van der Waals surface area contributed by atoms with Crippen LogP contribution < -0.4 is 5.32 Å². The number of hydrogen-bond acceptors (Lipinski definition) is 7. The molecule has 7 rings (SSSR count). The zero-order valence-corrected chi connectivity index (χ0v) is 27.3. The van der Waals surface area contributed by atoms with E-state index in [1.807, 2.05) is 36.4 Å².